The van der Waals surface area contributed by atoms with E-state index < -0.39 is 5.83 Å². The molecule has 0 saturated heterocycles. The molecule has 0 unspecified atom stereocenters. The molecule has 0 amide bonds. The van der Waals surface area contributed by atoms with E-state index >= 15 is 0 Å². The van der Waals surface area contributed by atoms with Gasteiger partial charge in [0.15, 0.2) is 5.83 Å². The van der Waals surface area contributed by atoms with E-state index in [1.54, 1.807) is 6.08 Å². The van der Waals surface area contributed by atoms with Crippen molar-refractivity contribution in [2.75, 3.05) is 0 Å². The zero-order chi connectivity index (χ0) is 23.5. The highest BCUT2D eigenvalue weighted by Crippen LogP contribution is 2.32. The summed E-state index contributed by atoms with van der Waals surface area (Å²) in [5.74, 6) is -0.270. The number of rotatable bonds is 12. The average molecular weight is 435 g/mol. The summed E-state index contributed by atoms with van der Waals surface area (Å²) < 4.78 is 20.4. The number of allylic oxidation sites excluding steroid dienone is 9. The van der Waals surface area contributed by atoms with Gasteiger partial charge in [-0.25, -0.2) is 4.39 Å². The monoisotopic (exact) mass is 434 g/mol. The summed E-state index contributed by atoms with van der Waals surface area (Å²) in [6.45, 7) is 16.1. The lowest BCUT2D eigenvalue weighted by atomic mass is 9.88. The summed E-state index contributed by atoms with van der Waals surface area (Å²) in [5.41, 5.74) is 6.83. The van der Waals surface area contributed by atoms with Crippen LogP contribution in [0.4, 0.5) is 4.39 Å². The summed E-state index contributed by atoms with van der Waals surface area (Å²) in [6.07, 6.45) is 17.1. The molecule has 1 aliphatic rings. The van der Waals surface area contributed by atoms with Crippen LogP contribution in [0.2, 0.25) is 0 Å². The van der Waals surface area contributed by atoms with E-state index in [4.69, 9.17) is 4.74 Å². The van der Waals surface area contributed by atoms with Crippen LogP contribution in [0.3, 0.4) is 0 Å². The maximum Gasteiger partial charge on any atom is 0.165 e. The van der Waals surface area contributed by atoms with Gasteiger partial charge in [-0.15, -0.1) is 0 Å². The van der Waals surface area contributed by atoms with Crippen molar-refractivity contribution in [3.8, 4) is 0 Å². The van der Waals surface area contributed by atoms with Crippen molar-refractivity contribution >= 4 is 11.1 Å². The van der Waals surface area contributed by atoms with Crippen LogP contribution >= 0.6 is 0 Å². The third-order valence-corrected chi connectivity index (χ3v) is 5.90. The van der Waals surface area contributed by atoms with Crippen LogP contribution in [0, 0.1) is 0 Å². The molecule has 0 bridgehead atoms. The molecule has 1 aliphatic carbocycles. The molecular weight excluding hydrogens is 395 g/mol. The minimum absolute atomic E-state index is 0.117. The van der Waals surface area contributed by atoms with Gasteiger partial charge in [-0.1, -0.05) is 82.4 Å². The SMILES string of the molecule is C=C/C=C(C)\C(=C/CCC)c1ccc(C(/C=C(/F)C(=C)OC2CCC2)=C/C)cc1CCC. The zero-order valence-corrected chi connectivity index (χ0v) is 20.3. The number of hydrogen-bond acceptors (Lipinski definition) is 1. The molecule has 0 radical (unpaired) electrons. The van der Waals surface area contributed by atoms with E-state index in [1.165, 1.54) is 22.3 Å². The lowest BCUT2D eigenvalue weighted by Gasteiger charge is -2.26. The van der Waals surface area contributed by atoms with Gasteiger partial charge >= 0.3 is 0 Å². The normalized spacial score (nSPS) is 16.0. The number of ether oxygens (including phenoxy) is 1. The van der Waals surface area contributed by atoms with E-state index in [0.29, 0.717) is 0 Å². The van der Waals surface area contributed by atoms with Gasteiger partial charge in [-0.05, 0) is 85.4 Å². The van der Waals surface area contributed by atoms with Gasteiger partial charge in [0, 0.05) is 0 Å². The topological polar surface area (TPSA) is 9.23 Å². The maximum atomic E-state index is 14.8. The van der Waals surface area contributed by atoms with Crippen molar-refractivity contribution in [1.29, 1.82) is 0 Å². The molecule has 0 spiro atoms. The highest BCUT2D eigenvalue weighted by atomic mass is 19.1. The van der Waals surface area contributed by atoms with Crippen molar-refractivity contribution in [2.45, 2.75) is 78.7 Å². The van der Waals surface area contributed by atoms with E-state index in [-0.39, 0.29) is 11.9 Å². The van der Waals surface area contributed by atoms with Crippen molar-refractivity contribution < 1.29 is 9.13 Å². The first kappa shape index (κ1) is 25.6. The molecule has 0 heterocycles. The molecule has 1 aromatic rings. The molecule has 0 aliphatic heterocycles. The summed E-state index contributed by atoms with van der Waals surface area (Å²) in [7, 11) is 0. The van der Waals surface area contributed by atoms with Crippen LogP contribution in [0.25, 0.3) is 11.1 Å². The predicted molar refractivity (Wildman–Crippen MR) is 138 cm³/mol. The first-order valence-corrected chi connectivity index (χ1v) is 12.0. The van der Waals surface area contributed by atoms with E-state index in [1.807, 2.05) is 19.1 Å². The molecule has 1 aromatic carbocycles. The first-order valence-electron chi connectivity index (χ1n) is 12.0. The number of hydrogen-bond donors (Lipinski definition) is 0. The average Bonchev–Trinajstić information content (AvgIpc) is 2.75. The zero-order valence-electron chi connectivity index (χ0n) is 20.3. The van der Waals surface area contributed by atoms with Crippen molar-refractivity contribution in [2.24, 2.45) is 0 Å². The van der Waals surface area contributed by atoms with Gasteiger partial charge in [-0.3, -0.25) is 0 Å². The van der Waals surface area contributed by atoms with Crippen molar-refractivity contribution in [3.05, 3.63) is 95.6 Å². The standard InChI is InChI=1S/C30H39FO/c1-7-11-17-28(22(5)13-8-2)29-19-18-25(20-26(29)14-9-3)24(10-4)21-30(31)23(6)32-27-15-12-16-27/h8,10,13,17-21,27H,2,6-7,9,11-12,14-16H2,1,3-5H3/b22-13-,24-10+,28-17+,30-21+. The van der Waals surface area contributed by atoms with Gasteiger partial charge < -0.3 is 4.74 Å². The fraction of sp³-hybridized carbons (Fsp3) is 0.400. The molecule has 32 heavy (non-hydrogen) atoms. The quantitative estimate of drug-likeness (QED) is 0.235. The first-order chi connectivity index (χ1) is 15.4. The van der Waals surface area contributed by atoms with Gasteiger partial charge in [0.2, 0.25) is 0 Å². The number of halogens is 1. The molecule has 1 nitrogen and oxygen atoms in total. The Bertz CT molecular complexity index is 922. The second kappa shape index (κ2) is 13.1. The second-order valence-electron chi connectivity index (χ2n) is 8.44. The van der Waals surface area contributed by atoms with Crippen LogP contribution < -0.4 is 0 Å². The Morgan fingerprint density at radius 2 is 1.97 bits per heavy atom. The third kappa shape index (κ3) is 6.95. The fourth-order valence-corrected chi connectivity index (χ4v) is 3.85. The third-order valence-electron chi connectivity index (χ3n) is 5.90. The van der Waals surface area contributed by atoms with Crippen molar-refractivity contribution in [3.63, 3.8) is 0 Å². The molecular formula is C30H39FO. The Morgan fingerprint density at radius 3 is 2.53 bits per heavy atom. The maximum absolute atomic E-state index is 14.8. The number of benzene rings is 1. The highest BCUT2D eigenvalue weighted by molar-refractivity contribution is 5.83. The van der Waals surface area contributed by atoms with E-state index in [0.717, 1.165) is 56.1 Å². The van der Waals surface area contributed by atoms with Crippen LogP contribution in [0.15, 0.2) is 78.9 Å². The van der Waals surface area contributed by atoms with Crippen LogP contribution in [-0.2, 0) is 11.2 Å². The summed E-state index contributed by atoms with van der Waals surface area (Å²) >= 11 is 0. The Hall–Kier alpha value is -2.61. The lowest BCUT2D eigenvalue weighted by molar-refractivity contribution is 0.0532. The number of unbranched alkanes of at least 4 members (excludes halogenated alkanes) is 1. The molecule has 2 heteroatoms. The molecule has 0 aromatic heterocycles. The summed E-state index contributed by atoms with van der Waals surface area (Å²) in [5, 5.41) is 0. The summed E-state index contributed by atoms with van der Waals surface area (Å²) in [6, 6.07) is 6.47. The van der Waals surface area contributed by atoms with Gasteiger partial charge in [-0.2, -0.15) is 0 Å². The Kier molecular flexibility index (Phi) is 10.5. The van der Waals surface area contributed by atoms with Crippen LogP contribution in [0.1, 0.15) is 82.9 Å². The van der Waals surface area contributed by atoms with E-state index in [9.17, 15) is 4.39 Å². The van der Waals surface area contributed by atoms with Gasteiger partial charge in [0.1, 0.15) is 5.76 Å². The molecule has 1 saturated carbocycles. The number of aryl methyl sites for hydroxylation is 1. The van der Waals surface area contributed by atoms with E-state index in [2.05, 4.69) is 64.3 Å². The van der Waals surface area contributed by atoms with Crippen LogP contribution in [-0.4, -0.2) is 6.10 Å². The summed E-state index contributed by atoms with van der Waals surface area (Å²) in [4.78, 5) is 0. The largest absolute Gasteiger partial charge is 0.488 e. The minimum atomic E-state index is -0.403. The molecule has 1 fully saturated rings. The highest BCUT2D eigenvalue weighted by Gasteiger charge is 2.21. The molecule has 2 rings (SSSR count). The smallest absolute Gasteiger partial charge is 0.165 e. The van der Waals surface area contributed by atoms with Gasteiger partial charge in [0.05, 0.1) is 6.10 Å². The minimum Gasteiger partial charge on any atom is -0.488 e. The second-order valence-corrected chi connectivity index (χ2v) is 8.44. The molecule has 172 valence electrons. The van der Waals surface area contributed by atoms with Gasteiger partial charge in [0.25, 0.3) is 0 Å². The fourth-order valence-electron chi connectivity index (χ4n) is 3.85. The van der Waals surface area contributed by atoms with Crippen LogP contribution in [0.5, 0.6) is 0 Å². The Labute approximate surface area is 194 Å². The molecule has 0 N–H and O–H groups in total. The van der Waals surface area contributed by atoms with Crippen molar-refractivity contribution in [1.82, 2.24) is 0 Å². The molecule has 0 atom stereocenters. The Balaban J connectivity index is 2.41. The predicted octanol–water partition coefficient (Wildman–Crippen LogP) is 9.29. The Morgan fingerprint density at radius 1 is 1.22 bits per heavy atom. The lowest BCUT2D eigenvalue weighted by Crippen LogP contribution is -2.21.